The van der Waals surface area contributed by atoms with E-state index in [0.717, 1.165) is 22.7 Å². The largest absolute Gasteiger partial charge is 0.486 e. The maximum absolute atomic E-state index is 13.2. The molecule has 0 saturated heterocycles. The first-order chi connectivity index (χ1) is 13.8. The molecule has 3 rings (SSSR count). The molecule has 7 nitrogen and oxygen atoms in total. The van der Waals surface area contributed by atoms with Gasteiger partial charge >= 0.3 is 0 Å². The molecule has 1 heterocycles. The highest BCUT2D eigenvalue weighted by atomic mass is 32.2. The Kier molecular flexibility index (Phi) is 6.26. The summed E-state index contributed by atoms with van der Waals surface area (Å²) in [4.78, 5) is 12.8. The van der Waals surface area contributed by atoms with Crippen molar-refractivity contribution >= 4 is 21.6 Å². The average Bonchev–Trinajstić information content (AvgIpc) is 2.70. The maximum atomic E-state index is 13.2. The zero-order valence-corrected chi connectivity index (χ0v) is 17.0. The number of amides is 1. The van der Waals surface area contributed by atoms with E-state index in [1.165, 1.54) is 12.1 Å². The molecule has 1 N–H and O–H groups in total. The number of benzene rings is 2. The van der Waals surface area contributed by atoms with E-state index in [0.29, 0.717) is 11.5 Å². The molecule has 156 valence electrons. The highest BCUT2D eigenvalue weighted by Crippen LogP contribution is 2.30. The lowest BCUT2D eigenvalue weighted by molar-refractivity contribution is -0.122. The van der Waals surface area contributed by atoms with Crippen molar-refractivity contribution in [2.24, 2.45) is 0 Å². The van der Waals surface area contributed by atoms with Gasteiger partial charge in [-0.1, -0.05) is 19.1 Å². The Morgan fingerprint density at radius 1 is 1.21 bits per heavy atom. The number of nitrogens with one attached hydrogen (secondary N) is 1. The summed E-state index contributed by atoms with van der Waals surface area (Å²) in [6.45, 7) is 2.13. The van der Waals surface area contributed by atoms with Gasteiger partial charge in [0.15, 0.2) is 11.5 Å². The Morgan fingerprint density at radius 3 is 2.48 bits per heavy atom. The van der Waals surface area contributed by atoms with E-state index in [-0.39, 0.29) is 25.3 Å². The van der Waals surface area contributed by atoms with E-state index in [1.54, 1.807) is 19.1 Å². The Hall–Kier alpha value is -2.81. The van der Waals surface area contributed by atoms with Crippen LogP contribution in [-0.4, -0.2) is 45.9 Å². The number of sulfonamides is 1. The highest BCUT2D eigenvalue weighted by molar-refractivity contribution is 7.92. The number of halogens is 1. The second-order valence-electron chi connectivity index (χ2n) is 6.70. The number of carbonyl (C=O) groups excluding carboxylic acids is 1. The van der Waals surface area contributed by atoms with Crippen molar-refractivity contribution in [1.29, 1.82) is 0 Å². The van der Waals surface area contributed by atoms with Crippen LogP contribution in [0, 0.1) is 5.82 Å². The Labute approximate surface area is 169 Å². The molecule has 2 aromatic rings. The minimum atomic E-state index is -3.78. The zero-order chi connectivity index (χ0) is 21.0. The third-order valence-electron chi connectivity index (χ3n) is 4.48. The number of carbonyl (C=O) groups is 1. The van der Waals surface area contributed by atoms with Crippen molar-refractivity contribution in [2.75, 3.05) is 23.7 Å². The first-order valence-electron chi connectivity index (χ1n) is 9.20. The molecule has 9 heteroatoms. The fourth-order valence-electron chi connectivity index (χ4n) is 3.14. The van der Waals surface area contributed by atoms with Crippen molar-refractivity contribution < 1.29 is 27.1 Å². The predicted octanol–water partition coefficient (Wildman–Crippen LogP) is 2.33. The first-order valence-corrected chi connectivity index (χ1v) is 11.1. The Balaban J connectivity index is 1.71. The lowest BCUT2D eigenvalue weighted by Crippen LogP contribution is -2.51. The van der Waals surface area contributed by atoms with E-state index in [2.05, 4.69) is 5.32 Å². The first kappa shape index (κ1) is 20.9. The van der Waals surface area contributed by atoms with Crippen molar-refractivity contribution in [2.45, 2.75) is 25.5 Å². The average molecular weight is 422 g/mol. The van der Waals surface area contributed by atoms with Gasteiger partial charge in [0.1, 0.15) is 24.6 Å². The standard InChI is InChI=1S/C20H23FN2O5S/c1-3-17(23(29(2,25)26)15-10-8-14(21)9-11-15)20(24)22-12-16-13-27-18-6-4-5-7-19(18)28-16/h4-11,16-17H,3,12-13H2,1-2H3,(H,22,24)/t16-,17+/m1/s1. The molecule has 0 radical (unpaired) electrons. The molecular formula is C20H23FN2O5S. The number of ether oxygens (including phenoxy) is 2. The van der Waals surface area contributed by atoms with Gasteiger partial charge in [0, 0.05) is 0 Å². The second kappa shape index (κ2) is 8.69. The van der Waals surface area contributed by atoms with E-state index >= 15 is 0 Å². The summed E-state index contributed by atoms with van der Waals surface area (Å²) in [7, 11) is -3.78. The third-order valence-corrected chi connectivity index (χ3v) is 5.66. The maximum Gasteiger partial charge on any atom is 0.244 e. The van der Waals surface area contributed by atoms with E-state index in [1.807, 2.05) is 12.1 Å². The number of fused-ring (bicyclic) bond motifs is 1. The van der Waals surface area contributed by atoms with E-state index < -0.39 is 33.9 Å². The molecule has 0 spiro atoms. The normalized spacial score (nSPS) is 16.7. The summed E-state index contributed by atoms with van der Waals surface area (Å²) >= 11 is 0. The van der Waals surface area contributed by atoms with Crippen LogP contribution in [0.3, 0.4) is 0 Å². The molecule has 0 aromatic heterocycles. The van der Waals surface area contributed by atoms with Crippen molar-refractivity contribution in [3.63, 3.8) is 0 Å². The zero-order valence-electron chi connectivity index (χ0n) is 16.2. The third kappa shape index (κ3) is 4.97. The number of nitrogens with zero attached hydrogens (tertiary/aromatic N) is 1. The summed E-state index contributed by atoms with van der Waals surface area (Å²) in [6.07, 6.45) is 0.853. The SMILES string of the molecule is CC[C@@H](C(=O)NC[C@@H]1COc2ccccc2O1)N(c1ccc(F)cc1)S(C)(=O)=O. The predicted molar refractivity (Wildman–Crippen MR) is 107 cm³/mol. The quantitative estimate of drug-likeness (QED) is 0.740. The highest BCUT2D eigenvalue weighted by Gasteiger charge is 2.32. The molecule has 0 bridgehead atoms. The number of rotatable bonds is 7. The molecule has 0 aliphatic carbocycles. The molecule has 29 heavy (non-hydrogen) atoms. The summed E-state index contributed by atoms with van der Waals surface area (Å²) in [5.41, 5.74) is 0.224. The molecule has 1 aliphatic heterocycles. The van der Waals surface area contributed by atoms with Gasteiger partial charge in [-0.15, -0.1) is 0 Å². The number of hydrogen-bond acceptors (Lipinski definition) is 5. The van der Waals surface area contributed by atoms with Gasteiger partial charge in [0.05, 0.1) is 18.5 Å². The van der Waals surface area contributed by atoms with Crippen LogP contribution < -0.4 is 19.1 Å². The van der Waals surface area contributed by atoms with E-state index in [4.69, 9.17) is 9.47 Å². The molecule has 1 aliphatic rings. The number of para-hydroxylation sites is 2. The molecule has 2 atom stereocenters. The molecule has 2 aromatic carbocycles. The Bertz CT molecular complexity index is 965. The molecule has 0 unspecified atom stereocenters. The topological polar surface area (TPSA) is 84.9 Å². The Morgan fingerprint density at radius 2 is 1.86 bits per heavy atom. The van der Waals surface area contributed by atoms with Gasteiger partial charge in [-0.3, -0.25) is 9.10 Å². The monoisotopic (exact) mass is 422 g/mol. The lowest BCUT2D eigenvalue weighted by atomic mass is 10.2. The van der Waals surface area contributed by atoms with Gasteiger partial charge in [-0.25, -0.2) is 12.8 Å². The minimum absolute atomic E-state index is 0.157. The lowest BCUT2D eigenvalue weighted by Gasteiger charge is -2.31. The van der Waals surface area contributed by atoms with Crippen molar-refractivity contribution in [1.82, 2.24) is 5.32 Å². The van der Waals surface area contributed by atoms with Gasteiger partial charge in [0.25, 0.3) is 0 Å². The van der Waals surface area contributed by atoms with E-state index in [9.17, 15) is 17.6 Å². The summed E-state index contributed by atoms with van der Waals surface area (Å²) < 4.78 is 50.4. The van der Waals surface area contributed by atoms with Crippen LogP contribution in [0.5, 0.6) is 11.5 Å². The molecule has 0 fully saturated rings. The van der Waals surface area contributed by atoms with Crippen molar-refractivity contribution in [3.05, 3.63) is 54.3 Å². The van der Waals surface area contributed by atoms with Crippen LogP contribution in [0.1, 0.15) is 13.3 Å². The van der Waals surface area contributed by atoms with Gasteiger partial charge in [-0.2, -0.15) is 0 Å². The molecule has 1 amide bonds. The molecular weight excluding hydrogens is 399 g/mol. The number of anilines is 1. The van der Waals surface area contributed by atoms with Gasteiger partial charge < -0.3 is 14.8 Å². The number of hydrogen-bond donors (Lipinski definition) is 1. The van der Waals surface area contributed by atoms with Crippen LogP contribution in [0.25, 0.3) is 0 Å². The summed E-state index contributed by atoms with van der Waals surface area (Å²) in [5, 5.41) is 2.74. The fraction of sp³-hybridized carbons (Fsp3) is 0.350. The second-order valence-corrected chi connectivity index (χ2v) is 8.56. The summed E-state index contributed by atoms with van der Waals surface area (Å²) in [5.74, 6) is 0.273. The fourth-order valence-corrected chi connectivity index (χ4v) is 4.36. The summed E-state index contributed by atoms with van der Waals surface area (Å²) in [6, 6.07) is 11.2. The van der Waals surface area contributed by atoms with Crippen LogP contribution in [0.15, 0.2) is 48.5 Å². The van der Waals surface area contributed by atoms with Gasteiger partial charge in [-0.05, 0) is 42.8 Å². The molecule has 0 saturated carbocycles. The van der Waals surface area contributed by atoms with Crippen LogP contribution in [-0.2, 0) is 14.8 Å². The van der Waals surface area contributed by atoms with Crippen LogP contribution in [0.4, 0.5) is 10.1 Å². The smallest absolute Gasteiger partial charge is 0.244 e. The van der Waals surface area contributed by atoms with Gasteiger partial charge in [0.2, 0.25) is 15.9 Å². The van der Waals surface area contributed by atoms with Crippen LogP contribution in [0.2, 0.25) is 0 Å². The van der Waals surface area contributed by atoms with Crippen LogP contribution >= 0.6 is 0 Å². The minimum Gasteiger partial charge on any atom is -0.486 e. The van der Waals surface area contributed by atoms with Crippen molar-refractivity contribution in [3.8, 4) is 11.5 Å².